The smallest absolute Gasteiger partial charge is 0.294 e. The van der Waals surface area contributed by atoms with Crippen LogP contribution >= 0.6 is 11.8 Å². The molecule has 2 aliphatic heterocycles. The van der Waals surface area contributed by atoms with E-state index in [0.717, 1.165) is 67.0 Å². The van der Waals surface area contributed by atoms with Gasteiger partial charge in [-0.15, -0.1) is 0 Å². The number of ether oxygens (including phenoxy) is 6. The Morgan fingerprint density at radius 1 is 0.780 bits per heavy atom. The first-order valence-electron chi connectivity index (χ1n) is 19.7. The van der Waals surface area contributed by atoms with Crippen LogP contribution in [0.4, 0.5) is 0 Å². The number of para-hydroxylation sites is 2. The van der Waals surface area contributed by atoms with Gasteiger partial charge in [-0.1, -0.05) is 41.6 Å². The van der Waals surface area contributed by atoms with Crippen LogP contribution in [0.3, 0.4) is 0 Å². The quantitative estimate of drug-likeness (QED) is 0.0912. The van der Waals surface area contributed by atoms with Gasteiger partial charge in [-0.3, -0.25) is 14.5 Å². The Morgan fingerprint density at radius 3 is 1.85 bits per heavy atom. The first-order chi connectivity index (χ1) is 27.9. The average Bonchev–Trinajstić information content (AvgIpc) is 3.60. The standard InChI is InChI=1S/C22H27N3O3S.C22H29NO6S/c1-14-9-23-19(13-29-21-24-17-7-5-6-8-18(17)25-21)15(2)20(14)26-10-16-11-27-22(3,4)28-12-16;1-14-6-7-20(30(24,25)26)18(8-14)9-19-16(3)21(15(2)10-23-19)27-11-17-12-28-22(4,5)29-13-17/h5-9,16H,10-13H2,1-4H3,(H,24,25);6-8,10,17H,9,11-13H2,1-5H3,(H,24,25,26). The van der Waals surface area contributed by atoms with E-state index < -0.39 is 21.7 Å². The molecule has 2 saturated heterocycles. The molecule has 13 nitrogen and oxygen atoms in total. The van der Waals surface area contributed by atoms with Crippen molar-refractivity contribution in [3.05, 3.63) is 99.6 Å². The number of H-pyrrole nitrogens is 1. The topological polar surface area (TPSA) is 164 Å². The molecule has 15 heteroatoms. The summed E-state index contributed by atoms with van der Waals surface area (Å²) in [4.78, 5) is 17.0. The lowest BCUT2D eigenvalue weighted by Crippen LogP contribution is -2.41. The van der Waals surface area contributed by atoms with Crippen molar-refractivity contribution in [3.63, 3.8) is 0 Å². The number of aryl methyl sites for hydroxylation is 3. The van der Waals surface area contributed by atoms with Crippen molar-refractivity contribution in [3.8, 4) is 11.5 Å². The summed E-state index contributed by atoms with van der Waals surface area (Å²) in [5.74, 6) is 1.65. The third-order valence-corrected chi connectivity index (χ3v) is 12.1. The van der Waals surface area contributed by atoms with Crippen LogP contribution in [0.15, 0.2) is 64.9 Å². The van der Waals surface area contributed by atoms with Crippen LogP contribution in [0, 0.1) is 46.5 Å². The van der Waals surface area contributed by atoms with E-state index in [-0.39, 0.29) is 23.2 Å². The Kier molecular flexibility index (Phi) is 14.1. The summed E-state index contributed by atoms with van der Waals surface area (Å²) in [5.41, 5.74) is 8.99. The lowest BCUT2D eigenvalue weighted by molar-refractivity contribution is -0.264. The fourth-order valence-electron chi connectivity index (χ4n) is 6.74. The summed E-state index contributed by atoms with van der Waals surface area (Å²) >= 11 is 1.65. The second-order valence-electron chi connectivity index (χ2n) is 16.2. The van der Waals surface area contributed by atoms with E-state index in [1.165, 1.54) is 6.07 Å². The van der Waals surface area contributed by atoms with Crippen molar-refractivity contribution in [1.82, 2.24) is 19.9 Å². The maximum Gasteiger partial charge on any atom is 0.294 e. The van der Waals surface area contributed by atoms with Crippen molar-refractivity contribution in [1.29, 1.82) is 0 Å². The zero-order valence-corrected chi connectivity index (χ0v) is 37.0. The Bertz CT molecular complexity index is 2310. The molecule has 0 bridgehead atoms. The molecule has 5 heterocycles. The molecule has 0 atom stereocenters. The van der Waals surface area contributed by atoms with Gasteiger partial charge in [0, 0.05) is 58.7 Å². The van der Waals surface area contributed by atoms with Crippen LogP contribution < -0.4 is 9.47 Å². The van der Waals surface area contributed by atoms with Gasteiger partial charge in [-0.05, 0) is 86.1 Å². The van der Waals surface area contributed by atoms with Crippen molar-refractivity contribution in [2.24, 2.45) is 11.8 Å². The molecule has 2 N–H and O–H groups in total. The van der Waals surface area contributed by atoms with E-state index >= 15 is 0 Å². The Morgan fingerprint density at radius 2 is 1.31 bits per heavy atom. The van der Waals surface area contributed by atoms with Gasteiger partial charge in [0.05, 0.1) is 67.0 Å². The van der Waals surface area contributed by atoms with Crippen LogP contribution in [-0.4, -0.2) is 84.1 Å². The molecule has 0 spiro atoms. The highest BCUT2D eigenvalue weighted by Gasteiger charge is 2.30. The van der Waals surface area contributed by atoms with Crippen molar-refractivity contribution < 1.29 is 41.4 Å². The molecule has 0 radical (unpaired) electrons. The number of fused-ring (bicyclic) bond motifs is 1. The van der Waals surface area contributed by atoms with Crippen LogP contribution in [-0.2, 0) is 41.2 Å². The lowest BCUT2D eigenvalue weighted by atomic mass is 10.0. The number of nitrogens with one attached hydrogen (secondary N) is 1. The van der Waals surface area contributed by atoms with E-state index in [0.29, 0.717) is 50.9 Å². The first-order valence-corrected chi connectivity index (χ1v) is 22.2. The molecule has 0 aliphatic carbocycles. The number of aromatic nitrogens is 4. The summed E-state index contributed by atoms with van der Waals surface area (Å²) in [6, 6.07) is 12.9. The number of pyridine rings is 2. The van der Waals surface area contributed by atoms with Gasteiger partial charge in [-0.25, -0.2) is 4.98 Å². The van der Waals surface area contributed by atoms with Crippen LogP contribution in [0.1, 0.15) is 72.5 Å². The molecule has 2 fully saturated rings. The van der Waals surface area contributed by atoms with E-state index in [1.54, 1.807) is 30.1 Å². The molecule has 0 unspecified atom stereocenters. The van der Waals surface area contributed by atoms with Crippen LogP contribution in [0.2, 0.25) is 0 Å². The van der Waals surface area contributed by atoms with Gasteiger partial charge in [0.25, 0.3) is 10.1 Å². The van der Waals surface area contributed by atoms with E-state index in [9.17, 15) is 13.0 Å². The number of imidazole rings is 1. The van der Waals surface area contributed by atoms with E-state index in [1.807, 2.05) is 85.9 Å². The van der Waals surface area contributed by atoms with E-state index in [4.69, 9.17) is 28.4 Å². The maximum absolute atomic E-state index is 11.8. The fourth-order valence-corrected chi connectivity index (χ4v) is 8.36. The van der Waals surface area contributed by atoms with Crippen molar-refractivity contribution in [2.75, 3.05) is 39.6 Å². The predicted molar refractivity (Wildman–Crippen MR) is 227 cm³/mol. The summed E-state index contributed by atoms with van der Waals surface area (Å²) < 4.78 is 68.3. The molecule has 59 heavy (non-hydrogen) atoms. The summed E-state index contributed by atoms with van der Waals surface area (Å²) in [6.07, 6.45) is 3.87. The molecule has 3 aromatic heterocycles. The molecule has 7 rings (SSSR count). The van der Waals surface area contributed by atoms with Crippen LogP contribution in [0.25, 0.3) is 11.0 Å². The molecular weight excluding hydrogens is 793 g/mol. The molecular formula is C44H56N4O9S2. The Labute approximate surface area is 351 Å². The van der Waals surface area contributed by atoms with Gasteiger partial charge in [-0.2, -0.15) is 8.42 Å². The minimum atomic E-state index is -4.32. The number of hydrogen-bond acceptors (Lipinski definition) is 12. The highest BCUT2D eigenvalue weighted by atomic mass is 32.2. The third kappa shape index (κ3) is 11.8. The van der Waals surface area contributed by atoms with Crippen molar-refractivity contribution >= 4 is 32.9 Å². The monoisotopic (exact) mass is 848 g/mol. The second kappa shape index (κ2) is 18.7. The zero-order valence-electron chi connectivity index (χ0n) is 35.4. The van der Waals surface area contributed by atoms with Crippen molar-refractivity contribution in [2.45, 2.75) is 96.1 Å². The van der Waals surface area contributed by atoms with Gasteiger partial charge in [0.15, 0.2) is 16.7 Å². The fraction of sp³-hybridized carbons (Fsp3) is 0.477. The Hall–Kier alpha value is -4.09. The number of hydrogen-bond donors (Lipinski definition) is 2. The first kappa shape index (κ1) is 44.5. The number of aromatic amines is 1. The zero-order chi connectivity index (χ0) is 42.5. The summed E-state index contributed by atoms with van der Waals surface area (Å²) in [6.45, 7) is 20.9. The molecule has 0 saturated carbocycles. The van der Waals surface area contributed by atoms with Gasteiger partial charge in [0.2, 0.25) is 0 Å². The molecule has 2 aliphatic rings. The second-order valence-corrected chi connectivity index (χ2v) is 18.5. The maximum atomic E-state index is 11.8. The van der Waals surface area contributed by atoms with Gasteiger partial charge < -0.3 is 33.4 Å². The number of rotatable bonds is 12. The van der Waals surface area contributed by atoms with Crippen LogP contribution in [0.5, 0.6) is 11.5 Å². The van der Waals surface area contributed by atoms with E-state index in [2.05, 4.69) is 26.9 Å². The summed E-state index contributed by atoms with van der Waals surface area (Å²) in [7, 11) is -4.32. The number of nitrogens with zero attached hydrogens (tertiary/aromatic N) is 3. The highest BCUT2D eigenvalue weighted by Crippen LogP contribution is 2.32. The summed E-state index contributed by atoms with van der Waals surface area (Å²) in [5, 5.41) is 0.898. The minimum absolute atomic E-state index is 0.100. The highest BCUT2D eigenvalue weighted by molar-refractivity contribution is 7.98. The lowest BCUT2D eigenvalue weighted by Gasteiger charge is -2.34. The predicted octanol–water partition coefficient (Wildman–Crippen LogP) is 8.27. The SMILES string of the molecule is Cc1ccc(S(=O)(=O)O)c(Cc2ncc(C)c(OCC3COC(C)(C)OC3)c2C)c1.Cc1cnc(CSc2nc3ccccc3[nH]2)c(C)c1OCC1COC(C)(C)OC1. The normalized spacial score (nSPS) is 17.1. The largest absolute Gasteiger partial charge is 0.492 e. The van der Waals surface area contributed by atoms with Gasteiger partial charge in [0.1, 0.15) is 11.5 Å². The number of thioether (sulfide) groups is 1. The van der Waals surface area contributed by atoms with Gasteiger partial charge >= 0.3 is 0 Å². The molecule has 318 valence electrons. The number of benzene rings is 2. The molecule has 0 amide bonds. The third-order valence-electron chi connectivity index (χ3n) is 10.2. The average molecular weight is 849 g/mol. The minimum Gasteiger partial charge on any atom is -0.492 e. The Balaban J connectivity index is 0.000000198. The molecule has 2 aromatic carbocycles. The molecule has 5 aromatic rings.